The highest BCUT2D eigenvalue weighted by Gasteiger charge is 2.17. The van der Waals surface area contributed by atoms with E-state index in [2.05, 4.69) is 15.5 Å². The van der Waals surface area contributed by atoms with E-state index in [9.17, 15) is 4.79 Å². The lowest BCUT2D eigenvalue weighted by molar-refractivity contribution is 0.102. The zero-order chi connectivity index (χ0) is 17.3. The highest BCUT2D eigenvalue weighted by molar-refractivity contribution is 6.34. The van der Waals surface area contributed by atoms with Crippen molar-refractivity contribution in [3.8, 4) is 5.69 Å². The number of aryl methyl sites for hydroxylation is 2. The summed E-state index contributed by atoms with van der Waals surface area (Å²) < 4.78 is 0. The van der Waals surface area contributed by atoms with Crippen LogP contribution in [0.15, 0.2) is 42.5 Å². The fraction of sp³-hybridized carbons (Fsp3) is 0.118. The van der Waals surface area contributed by atoms with Crippen molar-refractivity contribution >= 4 is 34.8 Å². The number of hydrogen-bond donors (Lipinski definition) is 1. The van der Waals surface area contributed by atoms with Crippen LogP contribution in [0.3, 0.4) is 0 Å². The molecule has 0 radical (unpaired) electrons. The predicted molar refractivity (Wildman–Crippen MR) is 95.2 cm³/mol. The molecule has 1 amide bonds. The standard InChI is InChI=1S/C17H14Cl2N4O/c1-10-6-7-15(14(19)8-10)20-17(24)16-11(2)21-23(22-16)13-5-3-4-12(18)9-13/h3-9H,1-2H3,(H,20,24). The lowest BCUT2D eigenvalue weighted by atomic mass is 10.2. The SMILES string of the molecule is Cc1ccc(NC(=O)c2nn(-c3cccc(Cl)c3)nc2C)c(Cl)c1. The second-order valence-corrected chi connectivity index (χ2v) is 6.18. The van der Waals surface area contributed by atoms with Gasteiger partial charge >= 0.3 is 0 Å². The van der Waals surface area contributed by atoms with E-state index in [1.807, 2.05) is 19.1 Å². The third-order valence-corrected chi connectivity index (χ3v) is 3.96. The van der Waals surface area contributed by atoms with Crippen molar-refractivity contribution in [1.82, 2.24) is 15.0 Å². The molecule has 3 aromatic rings. The van der Waals surface area contributed by atoms with Crippen molar-refractivity contribution < 1.29 is 4.79 Å². The Morgan fingerprint density at radius 1 is 1.08 bits per heavy atom. The van der Waals surface area contributed by atoms with E-state index in [1.165, 1.54) is 4.80 Å². The maximum Gasteiger partial charge on any atom is 0.278 e. The molecule has 5 nitrogen and oxygen atoms in total. The first-order valence-corrected chi connectivity index (χ1v) is 7.97. The third-order valence-electron chi connectivity index (χ3n) is 3.41. The summed E-state index contributed by atoms with van der Waals surface area (Å²) >= 11 is 12.1. The quantitative estimate of drug-likeness (QED) is 0.750. The van der Waals surface area contributed by atoms with Gasteiger partial charge in [-0.15, -0.1) is 5.10 Å². The molecule has 0 fully saturated rings. The van der Waals surface area contributed by atoms with Gasteiger partial charge in [0.15, 0.2) is 5.69 Å². The second kappa shape index (κ2) is 6.63. The van der Waals surface area contributed by atoms with Crippen molar-refractivity contribution in [2.45, 2.75) is 13.8 Å². The van der Waals surface area contributed by atoms with E-state index in [4.69, 9.17) is 23.2 Å². The molecule has 1 heterocycles. The van der Waals surface area contributed by atoms with Crippen molar-refractivity contribution in [3.63, 3.8) is 0 Å². The number of carbonyl (C=O) groups excluding carboxylic acids is 1. The largest absolute Gasteiger partial charge is 0.319 e. The zero-order valence-electron chi connectivity index (χ0n) is 13.0. The Morgan fingerprint density at radius 3 is 2.58 bits per heavy atom. The number of nitrogens with zero attached hydrogens (tertiary/aromatic N) is 3. The van der Waals surface area contributed by atoms with E-state index in [0.717, 1.165) is 5.56 Å². The molecular formula is C17H14Cl2N4O. The molecule has 2 aromatic carbocycles. The molecule has 0 aliphatic heterocycles. The van der Waals surface area contributed by atoms with E-state index < -0.39 is 0 Å². The van der Waals surface area contributed by atoms with Crippen molar-refractivity contribution in [1.29, 1.82) is 0 Å². The molecule has 0 aliphatic carbocycles. The highest BCUT2D eigenvalue weighted by Crippen LogP contribution is 2.23. The zero-order valence-corrected chi connectivity index (χ0v) is 14.6. The minimum atomic E-state index is -0.369. The minimum absolute atomic E-state index is 0.228. The molecule has 0 unspecified atom stereocenters. The Kier molecular flexibility index (Phi) is 4.55. The van der Waals surface area contributed by atoms with Crippen LogP contribution in [0.4, 0.5) is 5.69 Å². The van der Waals surface area contributed by atoms with Gasteiger partial charge in [-0.25, -0.2) is 0 Å². The summed E-state index contributed by atoms with van der Waals surface area (Å²) in [6.07, 6.45) is 0. The summed E-state index contributed by atoms with van der Waals surface area (Å²) in [5, 5.41) is 12.3. The fourth-order valence-corrected chi connectivity index (χ4v) is 2.67. The number of amides is 1. The summed E-state index contributed by atoms with van der Waals surface area (Å²) in [4.78, 5) is 13.9. The topological polar surface area (TPSA) is 59.8 Å². The number of nitrogens with one attached hydrogen (secondary N) is 1. The van der Waals surface area contributed by atoms with Gasteiger partial charge in [-0.3, -0.25) is 4.79 Å². The van der Waals surface area contributed by atoms with Crippen LogP contribution in [0.5, 0.6) is 0 Å². The number of carbonyl (C=O) groups is 1. The summed E-state index contributed by atoms with van der Waals surface area (Å²) in [5.41, 5.74) is 2.96. The Balaban J connectivity index is 1.88. The molecule has 0 atom stereocenters. The smallest absolute Gasteiger partial charge is 0.278 e. The van der Waals surface area contributed by atoms with Gasteiger partial charge in [0.05, 0.1) is 22.1 Å². The molecule has 0 saturated carbocycles. The van der Waals surface area contributed by atoms with Crippen LogP contribution in [-0.4, -0.2) is 20.9 Å². The van der Waals surface area contributed by atoms with Crippen molar-refractivity contribution in [2.24, 2.45) is 0 Å². The average molecular weight is 361 g/mol. The second-order valence-electron chi connectivity index (χ2n) is 5.34. The molecule has 0 bridgehead atoms. The van der Waals surface area contributed by atoms with E-state index in [0.29, 0.717) is 27.1 Å². The number of rotatable bonds is 3. The van der Waals surface area contributed by atoms with Gasteiger partial charge in [0.25, 0.3) is 5.91 Å². The van der Waals surface area contributed by atoms with Gasteiger partial charge in [0.2, 0.25) is 0 Å². The molecule has 122 valence electrons. The molecule has 7 heteroatoms. The van der Waals surface area contributed by atoms with Gasteiger partial charge in [0.1, 0.15) is 0 Å². The van der Waals surface area contributed by atoms with Crippen LogP contribution < -0.4 is 5.32 Å². The van der Waals surface area contributed by atoms with Gasteiger partial charge in [-0.05, 0) is 49.7 Å². The maximum atomic E-state index is 12.5. The molecule has 3 rings (SSSR count). The monoisotopic (exact) mass is 360 g/mol. The van der Waals surface area contributed by atoms with Crippen LogP contribution >= 0.6 is 23.2 Å². The molecule has 0 saturated heterocycles. The number of hydrogen-bond acceptors (Lipinski definition) is 3. The van der Waals surface area contributed by atoms with Crippen LogP contribution in [-0.2, 0) is 0 Å². The summed E-state index contributed by atoms with van der Waals surface area (Å²) in [5.74, 6) is -0.369. The van der Waals surface area contributed by atoms with Crippen molar-refractivity contribution in [2.75, 3.05) is 5.32 Å². The predicted octanol–water partition coefficient (Wildman–Crippen LogP) is 4.44. The number of aromatic nitrogens is 3. The first kappa shape index (κ1) is 16.5. The Hall–Kier alpha value is -2.37. The first-order chi connectivity index (χ1) is 11.4. The van der Waals surface area contributed by atoms with Crippen LogP contribution in [0.25, 0.3) is 5.69 Å². The first-order valence-electron chi connectivity index (χ1n) is 7.21. The number of benzene rings is 2. The lowest BCUT2D eigenvalue weighted by Gasteiger charge is -2.06. The Labute approximate surface area is 149 Å². The average Bonchev–Trinajstić information content (AvgIpc) is 2.92. The molecule has 0 spiro atoms. The maximum absolute atomic E-state index is 12.5. The molecule has 1 N–H and O–H groups in total. The molecular weight excluding hydrogens is 347 g/mol. The van der Waals surface area contributed by atoms with Gasteiger partial charge in [-0.2, -0.15) is 9.90 Å². The number of halogens is 2. The van der Waals surface area contributed by atoms with E-state index in [1.54, 1.807) is 37.3 Å². The van der Waals surface area contributed by atoms with Crippen LogP contribution in [0, 0.1) is 13.8 Å². The third kappa shape index (κ3) is 3.42. The van der Waals surface area contributed by atoms with Crippen molar-refractivity contribution in [3.05, 3.63) is 69.5 Å². The van der Waals surface area contributed by atoms with Gasteiger partial charge in [-0.1, -0.05) is 35.3 Å². The van der Waals surface area contributed by atoms with Crippen LogP contribution in [0.1, 0.15) is 21.7 Å². The Bertz CT molecular complexity index is 921. The van der Waals surface area contributed by atoms with E-state index in [-0.39, 0.29) is 11.6 Å². The van der Waals surface area contributed by atoms with Gasteiger partial charge in [0, 0.05) is 5.02 Å². The van der Waals surface area contributed by atoms with Crippen LogP contribution in [0.2, 0.25) is 10.0 Å². The highest BCUT2D eigenvalue weighted by atomic mass is 35.5. The summed E-state index contributed by atoms with van der Waals surface area (Å²) in [6.45, 7) is 3.65. The number of anilines is 1. The lowest BCUT2D eigenvalue weighted by Crippen LogP contribution is -2.14. The normalized spacial score (nSPS) is 10.7. The molecule has 0 aliphatic rings. The molecule has 1 aromatic heterocycles. The summed E-state index contributed by atoms with van der Waals surface area (Å²) in [6, 6.07) is 12.5. The summed E-state index contributed by atoms with van der Waals surface area (Å²) in [7, 11) is 0. The fourth-order valence-electron chi connectivity index (χ4n) is 2.21. The minimum Gasteiger partial charge on any atom is -0.319 e. The van der Waals surface area contributed by atoms with E-state index >= 15 is 0 Å². The van der Waals surface area contributed by atoms with Gasteiger partial charge < -0.3 is 5.32 Å². The molecule has 24 heavy (non-hydrogen) atoms. The Morgan fingerprint density at radius 2 is 1.88 bits per heavy atom.